The lowest BCUT2D eigenvalue weighted by molar-refractivity contribution is -0.115. The molecule has 0 heterocycles. The predicted octanol–water partition coefficient (Wildman–Crippen LogP) is 5.35. The van der Waals surface area contributed by atoms with E-state index in [4.69, 9.17) is 5.26 Å². The van der Waals surface area contributed by atoms with Crippen molar-refractivity contribution in [2.24, 2.45) is 5.92 Å². The first-order valence-corrected chi connectivity index (χ1v) is 10.6. The summed E-state index contributed by atoms with van der Waals surface area (Å²) >= 11 is 1.42. The lowest BCUT2D eigenvalue weighted by Gasteiger charge is -2.23. The van der Waals surface area contributed by atoms with Gasteiger partial charge in [-0.2, -0.15) is 5.26 Å². The van der Waals surface area contributed by atoms with Crippen LogP contribution in [0.5, 0.6) is 0 Å². The molecule has 0 saturated heterocycles. The Kier molecular flexibility index (Phi) is 8.56. The third-order valence-corrected chi connectivity index (χ3v) is 5.51. The number of carbonyl (C=O) groups excluding carboxylic acids is 1. The van der Waals surface area contributed by atoms with Crippen molar-refractivity contribution < 1.29 is 4.79 Å². The van der Waals surface area contributed by atoms with Gasteiger partial charge in [0.25, 0.3) is 0 Å². The number of hydrogen-bond acceptors (Lipinski definition) is 4. The number of rotatable bonds is 9. The lowest BCUT2D eigenvalue weighted by atomic mass is 9.93. The van der Waals surface area contributed by atoms with Gasteiger partial charge in [-0.25, -0.2) is 0 Å². The Morgan fingerprint density at radius 1 is 1.04 bits per heavy atom. The molecule has 0 aromatic heterocycles. The van der Waals surface area contributed by atoms with E-state index in [-0.39, 0.29) is 18.5 Å². The van der Waals surface area contributed by atoms with Crippen molar-refractivity contribution in [3.8, 4) is 6.07 Å². The fourth-order valence-corrected chi connectivity index (χ4v) is 3.70. The zero-order valence-corrected chi connectivity index (χ0v) is 17.8. The molecule has 0 radical (unpaired) electrons. The van der Waals surface area contributed by atoms with Crippen LogP contribution in [0.2, 0.25) is 0 Å². The van der Waals surface area contributed by atoms with Crippen molar-refractivity contribution in [3.05, 3.63) is 59.7 Å². The fraction of sp³-hybridized carbons (Fsp3) is 0.391. The molecule has 0 aliphatic rings. The van der Waals surface area contributed by atoms with Crippen LogP contribution in [0.1, 0.15) is 50.8 Å². The highest BCUT2D eigenvalue weighted by Crippen LogP contribution is 2.27. The first-order valence-electron chi connectivity index (χ1n) is 9.64. The van der Waals surface area contributed by atoms with Crippen molar-refractivity contribution in [2.45, 2.75) is 44.6 Å². The summed E-state index contributed by atoms with van der Waals surface area (Å²) in [5.41, 5.74) is 3.25. The van der Waals surface area contributed by atoms with Gasteiger partial charge < -0.3 is 10.6 Å². The van der Waals surface area contributed by atoms with Crippen LogP contribution in [0, 0.1) is 17.2 Å². The van der Waals surface area contributed by atoms with Crippen molar-refractivity contribution >= 4 is 23.4 Å². The number of thioether (sulfide) groups is 1. The normalized spacial score (nSPS) is 12.0. The van der Waals surface area contributed by atoms with E-state index >= 15 is 0 Å². The molecule has 5 heteroatoms. The van der Waals surface area contributed by atoms with Gasteiger partial charge in [-0.1, -0.05) is 64.1 Å². The number of carbonyl (C=O) groups is 1. The molecule has 2 aromatic rings. The number of nitrogens with one attached hydrogen (secondary N) is 2. The minimum Gasteiger partial charge on any atom is -0.324 e. The molecule has 2 aromatic carbocycles. The van der Waals surface area contributed by atoms with Crippen LogP contribution in [-0.4, -0.2) is 18.2 Å². The zero-order valence-electron chi connectivity index (χ0n) is 17.0. The maximum Gasteiger partial charge on any atom is 0.238 e. The molecule has 28 heavy (non-hydrogen) atoms. The summed E-state index contributed by atoms with van der Waals surface area (Å²) in [5, 5.41) is 15.1. The molecule has 0 unspecified atom stereocenters. The van der Waals surface area contributed by atoms with E-state index in [2.05, 4.69) is 68.7 Å². The van der Waals surface area contributed by atoms with E-state index in [1.807, 2.05) is 24.3 Å². The minimum absolute atomic E-state index is 0.0885. The average molecular weight is 396 g/mol. The summed E-state index contributed by atoms with van der Waals surface area (Å²) in [6.45, 7) is 8.90. The van der Waals surface area contributed by atoms with Gasteiger partial charge in [0.1, 0.15) is 0 Å². The summed E-state index contributed by atoms with van der Waals surface area (Å²) in [6, 6.07) is 18.4. The van der Waals surface area contributed by atoms with Crippen LogP contribution >= 0.6 is 11.8 Å². The molecule has 2 rings (SSSR count). The van der Waals surface area contributed by atoms with Crippen LogP contribution in [0.25, 0.3) is 0 Å². The second-order valence-electron chi connectivity index (χ2n) is 7.42. The predicted molar refractivity (Wildman–Crippen MR) is 118 cm³/mol. The third kappa shape index (κ3) is 6.40. The van der Waals surface area contributed by atoms with Gasteiger partial charge in [-0.05, 0) is 35.1 Å². The van der Waals surface area contributed by atoms with Crippen molar-refractivity contribution in [3.63, 3.8) is 0 Å². The Morgan fingerprint density at radius 2 is 1.68 bits per heavy atom. The highest BCUT2D eigenvalue weighted by molar-refractivity contribution is 7.99. The number of anilines is 1. The quantitative estimate of drug-likeness (QED) is 0.562. The summed E-state index contributed by atoms with van der Waals surface area (Å²) in [7, 11) is 0. The highest BCUT2D eigenvalue weighted by Gasteiger charge is 2.17. The Morgan fingerprint density at radius 3 is 2.29 bits per heavy atom. The summed E-state index contributed by atoms with van der Waals surface area (Å²) in [4.78, 5) is 13.4. The first-order chi connectivity index (χ1) is 13.4. The molecule has 2 N–H and O–H groups in total. The van der Waals surface area contributed by atoms with E-state index in [1.54, 1.807) is 0 Å². The van der Waals surface area contributed by atoms with Gasteiger partial charge in [-0.3, -0.25) is 4.79 Å². The van der Waals surface area contributed by atoms with Crippen LogP contribution in [0.3, 0.4) is 0 Å². The molecule has 1 amide bonds. The van der Waals surface area contributed by atoms with Crippen LogP contribution in [0.15, 0.2) is 53.4 Å². The number of hydrogen-bond donors (Lipinski definition) is 2. The maximum absolute atomic E-state index is 12.5. The average Bonchev–Trinajstić information content (AvgIpc) is 2.67. The molecular weight excluding hydrogens is 366 g/mol. The SMILES string of the molecule is CC(C)c1ccc([C@H](NCC(=O)Nc2ccccc2SCC#N)C(C)C)cc1. The van der Waals surface area contributed by atoms with E-state index in [0.29, 0.717) is 17.6 Å². The molecule has 148 valence electrons. The Bertz CT molecular complexity index is 809. The van der Waals surface area contributed by atoms with Crippen LogP contribution in [-0.2, 0) is 4.79 Å². The number of nitriles is 1. The smallest absolute Gasteiger partial charge is 0.238 e. The van der Waals surface area contributed by atoms with Gasteiger partial charge in [0, 0.05) is 10.9 Å². The second kappa shape index (κ2) is 10.9. The minimum atomic E-state index is -0.0885. The highest BCUT2D eigenvalue weighted by atomic mass is 32.2. The van der Waals surface area contributed by atoms with Gasteiger partial charge in [0.15, 0.2) is 0 Å². The van der Waals surface area contributed by atoms with Gasteiger partial charge >= 0.3 is 0 Å². The van der Waals surface area contributed by atoms with E-state index in [1.165, 1.54) is 22.9 Å². The molecule has 0 aliphatic carbocycles. The van der Waals surface area contributed by atoms with Crippen LogP contribution < -0.4 is 10.6 Å². The number of nitrogens with zero attached hydrogens (tertiary/aromatic N) is 1. The van der Waals surface area contributed by atoms with E-state index in [9.17, 15) is 4.79 Å². The van der Waals surface area contributed by atoms with Crippen LogP contribution in [0.4, 0.5) is 5.69 Å². The zero-order chi connectivity index (χ0) is 20.5. The van der Waals surface area contributed by atoms with E-state index < -0.39 is 0 Å². The van der Waals surface area contributed by atoms with Crippen molar-refractivity contribution in [1.29, 1.82) is 5.26 Å². The second-order valence-corrected chi connectivity index (χ2v) is 8.43. The maximum atomic E-state index is 12.5. The van der Waals surface area contributed by atoms with Gasteiger partial charge in [0.2, 0.25) is 5.91 Å². The standard InChI is InChI=1S/C23H29N3OS/c1-16(2)18-9-11-19(12-10-18)23(17(3)4)25-15-22(27)26-20-7-5-6-8-21(20)28-14-13-24/h5-12,16-17,23,25H,14-15H2,1-4H3,(H,26,27)/t23-/m1/s1. The van der Waals surface area contributed by atoms with Gasteiger partial charge in [-0.15, -0.1) is 11.8 Å². The molecule has 0 bridgehead atoms. The topological polar surface area (TPSA) is 64.9 Å². The Balaban J connectivity index is 2.00. The lowest BCUT2D eigenvalue weighted by Crippen LogP contribution is -2.33. The molecule has 0 aliphatic heterocycles. The van der Waals surface area contributed by atoms with Gasteiger partial charge in [0.05, 0.1) is 24.1 Å². The molecule has 0 saturated carbocycles. The Labute approximate surface area is 172 Å². The van der Waals surface area contributed by atoms with Crippen molar-refractivity contribution in [1.82, 2.24) is 5.32 Å². The number of para-hydroxylation sites is 1. The van der Waals surface area contributed by atoms with E-state index in [0.717, 1.165) is 10.6 Å². The molecule has 4 nitrogen and oxygen atoms in total. The third-order valence-electron chi connectivity index (χ3n) is 4.56. The monoisotopic (exact) mass is 395 g/mol. The summed E-state index contributed by atoms with van der Waals surface area (Å²) in [5.74, 6) is 1.13. The Hall–Kier alpha value is -2.29. The molecule has 0 fully saturated rings. The van der Waals surface area contributed by atoms with Crippen molar-refractivity contribution in [2.75, 3.05) is 17.6 Å². The number of benzene rings is 2. The fourth-order valence-electron chi connectivity index (χ4n) is 3.03. The summed E-state index contributed by atoms with van der Waals surface area (Å²) in [6.07, 6.45) is 0. The number of amides is 1. The molecular formula is C23H29N3OS. The first kappa shape index (κ1) is 22.0. The molecule has 0 spiro atoms. The largest absolute Gasteiger partial charge is 0.324 e. The summed E-state index contributed by atoms with van der Waals surface area (Å²) < 4.78 is 0. The molecule has 1 atom stereocenters.